The highest BCUT2D eigenvalue weighted by atomic mass is 16.3. The fourth-order valence-corrected chi connectivity index (χ4v) is 7.72. The standard InChI is InChI=1S/C50H97NO4/c1-3-5-7-9-11-13-15-17-19-20-21-22-23-24-25-26-27-28-29-30-31-33-35-37-39-41-43-45-49(54)51-47(46-52)50(55)48(53)44-42-40-38-36-34-32-18-16-14-12-10-8-6-4-2/h21-22,24-25,47-48,50,52-53,55H,3-20,23,26-46H2,1-2H3,(H,51,54)/b22-21-,25-24-. The maximum atomic E-state index is 12.5. The lowest BCUT2D eigenvalue weighted by Crippen LogP contribution is -2.50. The first-order valence-corrected chi connectivity index (χ1v) is 24.6. The Balaban J connectivity index is 3.56. The molecule has 3 unspecified atom stereocenters. The Labute approximate surface area is 343 Å². The van der Waals surface area contributed by atoms with Crippen LogP contribution in [0.25, 0.3) is 0 Å². The highest BCUT2D eigenvalue weighted by molar-refractivity contribution is 5.76. The van der Waals surface area contributed by atoms with E-state index in [1.165, 1.54) is 193 Å². The molecule has 55 heavy (non-hydrogen) atoms. The van der Waals surface area contributed by atoms with Crippen LogP contribution in [-0.2, 0) is 4.79 Å². The van der Waals surface area contributed by atoms with Crippen molar-refractivity contribution in [2.45, 2.75) is 283 Å². The average Bonchev–Trinajstić information content (AvgIpc) is 3.19. The number of nitrogens with one attached hydrogen (secondary N) is 1. The maximum Gasteiger partial charge on any atom is 0.220 e. The fourth-order valence-electron chi connectivity index (χ4n) is 7.72. The fraction of sp³-hybridized carbons (Fsp3) is 0.900. The van der Waals surface area contributed by atoms with E-state index in [-0.39, 0.29) is 12.5 Å². The van der Waals surface area contributed by atoms with Gasteiger partial charge in [-0.1, -0.05) is 237 Å². The number of aliphatic hydroxyl groups excluding tert-OH is 3. The lowest BCUT2D eigenvalue weighted by molar-refractivity contribution is -0.124. The third-order valence-electron chi connectivity index (χ3n) is 11.6. The van der Waals surface area contributed by atoms with Crippen LogP contribution in [0.2, 0.25) is 0 Å². The predicted octanol–water partition coefficient (Wildman–Crippen LogP) is 14.6. The number of carbonyl (C=O) groups is 1. The predicted molar refractivity (Wildman–Crippen MR) is 241 cm³/mol. The van der Waals surface area contributed by atoms with Crippen molar-refractivity contribution in [3.05, 3.63) is 24.3 Å². The van der Waals surface area contributed by atoms with Crippen molar-refractivity contribution in [2.75, 3.05) is 6.61 Å². The van der Waals surface area contributed by atoms with Crippen molar-refractivity contribution in [1.29, 1.82) is 0 Å². The Morgan fingerprint density at radius 3 is 1.15 bits per heavy atom. The lowest BCUT2D eigenvalue weighted by atomic mass is 9.99. The number of allylic oxidation sites excluding steroid dienone is 4. The topological polar surface area (TPSA) is 89.8 Å². The molecule has 326 valence electrons. The number of amides is 1. The third-order valence-corrected chi connectivity index (χ3v) is 11.6. The summed E-state index contributed by atoms with van der Waals surface area (Å²) in [6.45, 7) is 4.19. The van der Waals surface area contributed by atoms with Crippen LogP contribution in [-0.4, -0.2) is 46.1 Å². The third kappa shape index (κ3) is 40.8. The number of hydrogen-bond acceptors (Lipinski definition) is 4. The Bertz CT molecular complexity index is 814. The first kappa shape index (κ1) is 53.8. The van der Waals surface area contributed by atoms with Gasteiger partial charge in [0.1, 0.15) is 6.10 Å². The van der Waals surface area contributed by atoms with Gasteiger partial charge in [0.05, 0.1) is 18.8 Å². The van der Waals surface area contributed by atoms with Crippen LogP contribution in [0.4, 0.5) is 0 Å². The van der Waals surface area contributed by atoms with Gasteiger partial charge in [-0.2, -0.15) is 0 Å². The van der Waals surface area contributed by atoms with Gasteiger partial charge in [0.2, 0.25) is 5.91 Å². The van der Waals surface area contributed by atoms with E-state index in [0.717, 1.165) is 44.9 Å². The molecule has 0 heterocycles. The molecule has 0 saturated heterocycles. The highest BCUT2D eigenvalue weighted by Crippen LogP contribution is 2.17. The van der Waals surface area contributed by atoms with E-state index in [2.05, 4.69) is 43.5 Å². The van der Waals surface area contributed by atoms with E-state index >= 15 is 0 Å². The summed E-state index contributed by atoms with van der Waals surface area (Å²) in [7, 11) is 0. The van der Waals surface area contributed by atoms with E-state index in [4.69, 9.17) is 0 Å². The first-order valence-electron chi connectivity index (χ1n) is 24.6. The quantitative estimate of drug-likeness (QED) is 0.0366. The first-order chi connectivity index (χ1) is 27.1. The summed E-state index contributed by atoms with van der Waals surface area (Å²) in [4.78, 5) is 12.5. The molecular formula is C50H97NO4. The zero-order chi connectivity index (χ0) is 40.1. The highest BCUT2D eigenvalue weighted by Gasteiger charge is 2.26. The Morgan fingerprint density at radius 1 is 0.455 bits per heavy atom. The van der Waals surface area contributed by atoms with Gasteiger partial charge in [-0.15, -0.1) is 0 Å². The molecular weight excluding hydrogens is 679 g/mol. The van der Waals surface area contributed by atoms with Crippen molar-refractivity contribution in [3.8, 4) is 0 Å². The minimum absolute atomic E-state index is 0.145. The number of rotatable bonds is 45. The second-order valence-electron chi connectivity index (χ2n) is 17.0. The van der Waals surface area contributed by atoms with E-state index in [1.807, 2.05) is 0 Å². The van der Waals surface area contributed by atoms with Gasteiger partial charge in [0.15, 0.2) is 0 Å². The monoisotopic (exact) mass is 776 g/mol. The number of hydrogen-bond donors (Lipinski definition) is 4. The van der Waals surface area contributed by atoms with Gasteiger partial charge in [0, 0.05) is 6.42 Å². The molecule has 1 amide bonds. The molecule has 0 fully saturated rings. The Kier molecular flexibility index (Phi) is 44.6. The van der Waals surface area contributed by atoms with E-state index in [0.29, 0.717) is 12.8 Å². The van der Waals surface area contributed by atoms with Gasteiger partial charge in [0.25, 0.3) is 0 Å². The summed E-state index contributed by atoms with van der Waals surface area (Å²) < 4.78 is 0. The minimum Gasteiger partial charge on any atom is -0.394 e. The SMILES string of the molecule is CCCCCCCCCCC/C=C\C/C=C\CCCCCCCCCCCCCC(=O)NC(CO)C(O)C(O)CCCCCCCCCCCCCCCC. The zero-order valence-corrected chi connectivity index (χ0v) is 37.1. The maximum absolute atomic E-state index is 12.5. The smallest absolute Gasteiger partial charge is 0.220 e. The molecule has 4 N–H and O–H groups in total. The number of carbonyl (C=O) groups excluding carboxylic acids is 1. The molecule has 0 aromatic heterocycles. The summed E-state index contributed by atoms with van der Waals surface area (Å²) in [5.41, 5.74) is 0. The molecule has 0 aliphatic rings. The van der Waals surface area contributed by atoms with Crippen LogP contribution in [0.3, 0.4) is 0 Å². The van der Waals surface area contributed by atoms with Crippen LogP contribution in [0, 0.1) is 0 Å². The van der Waals surface area contributed by atoms with Gasteiger partial charge in [-0.25, -0.2) is 0 Å². The van der Waals surface area contributed by atoms with Crippen LogP contribution in [0.5, 0.6) is 0 Å². The molecule has 0 rings (SSSR count). The molecule has 5 heteroatoms. The molecule has 0 aliphatic carbocycles. The van der Waals surface area contributed by atoms with Crippen LogP contribution in [0.1, 0.15) is 264 Å². The van der Waals surface area contributed by atoms with E-state index < -0.39 is 18.2 Å². The normalized spacial score (nSPS) is 13.6. The Morgan fingerprint density at radius 2 is 0.782 bits per heavy atom. The van der Waals surface area contributed by atoms with Crippen molar-refractivity contribution in [2.24, 2.45) is 0 Å². The van der Waals surface area contributed by atoms with E-state index in [9.17, 15) is 20.1 Å². The minimum atomic E-state index is -1.13. The summed E-state index contributed by atoms with van der Waals surface area (Å²) in [6, 6.07) is -0.808. The average molecular weight is 776 g/mol. The van der Waals surface area contributed by atoms with Crippen LogP contribution < -0.4 is 5.32 Å². The summed E-state index contributed by atoms with van der Waals surface area (Å²) in [5.74, 6) is -0.145. The molecule has 5 nitrogen and oxygen atoms in total. The van der Waals surface area contributed by atoms with Crippen molar-refractivity contribution in [3.63, 3.8) is 0 Å². The van der Waals surface area contributed by atoms with Gasteiger partial charge in [-0.3, -0.25) is 4.79 Å². The van der Waals surface area contributed by atoms with Crippen molar-refractivity contribution < 1.29 is 20.1 Å². The number of unbranched alkanes of at least 4 members (excludes halogenated alkanes) is 33. The van der Waals surface area contributed by atoms with Crippen LogP contribution >= 0.6 is 0 Å². The van der Waals surface area contributed by atoms with Crippen molar-refractivity contribution in [1.82, 2.24) is 5.32 Å². The molecule has 0 bridgehead atoms. The Hall–Kier alpha value is -1.17. The second-order valence-corrected chi connectivity index (χ2v) is 17.0. The molecule has 0 saturated carbocycles. The molecule has 0 aromatic carbocycles. The van der Waals surface area contributed by atoms with Gasteiger partial charge >= 0.3 is 0 Å². The van der Waals surface area contributed by atoms with Gasteiger partial charge < -0.3 is 20.6 Å². The second kappa shape index (κ2) is 45.5. The molecule has 0 spiro atoms. The van der Waals surface area contributed by atoms with Gasteiger partial charge in [-0.05, 0) is 44.9 Å². The lowest BCUT2D eigenvalue weighted by Gasteiger charge is -2.26. The molecule has 0 aromatic rings. The molecule has 0 radical (unpaired) electrons. The number of aliphatic hydroxyl groups is 3. The summed E-state index contributed by atoms with van der Waals surface area (Å²) >= 11 is 0. The largest absolute Gasteiger partial charge is 0.394 e. The molecule has 0 aliphatic heterocycles. The molecule has 3 atom stereocenters. The summed E-state index contributed by atoms with van der Waals surface area (Å²) in [5, 5.41) is 33.6. The zero-order valence-electron chi connectivity index (χ0n) is 37.1. The van der Waals surface area contributed by atoms with E-state index in [1.54, 1.807) is 0 Å². The van der Waals surface area contributed by atoms with Crippen LogP contribution in [0.15, 0.2) is 24.3 Å². The summed E-state index contributed by atoms with van der Waals surface area (Å²) in [6.07, 6.45) is 55.9. The van der Waals surface area contributed by atoms with Crippen molar-refractivity contribution >= 4 is 5.91 Å².